The summed E-state index contributed by atoms with van der Waals surface area (Å²) in [4.78, 5) is 16.0. The number of hydrogen-bond acceptors (Lipinski definition) is 3. The zero-order valence-corrected chi connectivity index (χ0v) is 17.6. The van der Waals surface area contributed by atoms with Crippen molar-refractivity contribution in [3.05, 3.63) is 71.3 Å². The Morgan fingerprint density at radius 2 is 1.83 bits per heavy atom. The van der Waals surface area contributed by atoms with Crippen molar-refractivity contribution in [2.24, 2.45) is 10.9 Å². The van der Waals surface area contributed by atoms with Gasteiger partial charge in [0.15, 0.2) is 5.96 Å². The van der Waals surface area contributed by atoms with Crippen LogP contribution in [0.4, 0.5) is 0 Å². The predicted molar refractivity (Wildman–Crippen MR) is 118 cm³/mol. The summed E-state index contributed by atoms with van der Waals surface area (Å²) in [6.07, 6.45) is 0.807. The number of nitrogens with one attached hydrogen (secondary N) is 3. The van der Waals surface area contributed by atoms with Gasteiger partial charge in [0.05, 0.1) is 13.2 Å². The summed E-state index contributed by atoms with van der Waals surface area (Å²) >= 11 is 0. The van der Waals surface area contributed by atoms with E-state index in [1.807, 2.05) is 42.5 Å². The first-order valence-electron chi connectivity index (χ1n) is 9.99. The Balaban J connectivity index is 1.66. The monoisotopic (exact) mass is 396 g/mol. The van der Waals surface area contributed by atoms with Gasteiger partial charge in [-0.05, 0) is 35.6 Å². The highest BCUT2D eigenvalue weighted by Gasteiger charge is 2.06. The molecule has 29 heavy (non-hydrogen) atoms. The number of nitrogens with zero attached hydrogens (tertiary/aromatic N) is 1. The molecular weight excluding hydrogens is 364 g/mol. The van der Waals surface area contributed by atoms with Crippen LogP contribution in [0.1, 0.15) is 28.4 Å². The van der Waals surface area contributed by atoms with E-state index in [2.05, 4.69) is 40.0 Å². The Bertz CT molecular complexity index is 777. The first kappa shape index (κ1) is 22.4. The summed E-state index contributed by atoms with van der Waals surface area (Å²) < 4.78 is 5.79. The highest BCUT2D eigenvalue weighted by Crippen LogP contribution is 2.06. The molecule has 0 heterocycles. The number of aliphatic imine (C=N–C) groups is 1. The number of guanidine groups is 1. The lowest BCUT2D eigenvalue weighted by molar-refractivity contribution is 0.0931. The number of ether oxygens (including phenoxy) is 1. The van der Waals surface area contributed by atoms with Gasteiger partial charge in [-0.15, -0.1) is 0 Å². The van der Waals surface area contributed by atoms with Crippen LogP contribution < -0.4 is 16.0 Å². The Morgan fingerprint density at radius 1 is 1.07 bits per heavy atom. The highest BCUT2D eigenvalue weighted by molar-refractivity contribution is 5.94. The minimum Gasteiger partial charge on any atom is -0.376 e. The summed E-state index contributed by atoms with van der Waals surface area (Å²) in [6, 6.07) is 17.9. The van der Waals surface area contributed by atoms with Gasteiger partial charge in [0.25, 0.3) is 5.91 Å². The molecule has 0 aliphatic carbocycles. The van der Waals surface area contributed by atoms with Gasteiger partial charge >= 0.3 is 0 Å². The maximum absolute atomic E-state index is 11.7. The largest absolute Gasteiger partial charge is 0.376 e. The van der Waals surface area contributed by atoms with E-state index in [0.29, 0.717) is 24.7 Å². The van der Waals surface area contributed by atoms with Gasteiger partial charge in [0.1, 0.15) is 0 Å². The highest BCUT2D eigenvalue weighted by atomic mass is 16.5. The van der Waals surface area contributed by atoms with Crippen molar-refractivity contribution in [1.82, 2.24) is 16.0 Å². The van der Waals surface area contributed by atoms with Crippen LogP contribution in [0.5, 0.6) is 0 Å². The molecule has 2 aromatic carbocycles. The number of hydrogen-bond donors (Lipinski definition) is 3. The van der Waals surface area contributed by atoms with E-state index in [0.717, 1.165) is 31.0 Å². The lowest BCUT2D eigenvalue weighted by atomic mass is 10.1. The molecule has 3 N–H and O–H groups in total. The zero-order valence-electron chi connectivity index (χ0n) is 17.6. The molecule has 2 rings (SSSR count). The van der Waals surface area contributed by atoms with E-state index in [4.69, 9.17) is 4.74 Å². The second-order valence-corrected chi connectivity index (χ2v) is 7.02. The molecule has 2 aromatic rings. The minimum atomic E-state index is -0.0687. The lowest BCUT2D eigenvalue weighted by Gasteiger charge is -2.16. The van der Waals surface area contributed by atoms with E-state index >= 15 is 0 Å². The van der Waals surface area contributed by atoms with Gasteiger partial charge in [0, 0.05) is 32.7 Å². The second kappa shape index (κ2) is 12.6. The Kier molecular flexibility index (Phi) is 9.72. The van der Waals surface area contributed by atoms with E-state index < -0.39 is 0 Å². The van der Waals surface area contributed by atoms with Gasteiger partial charge in [-0.1, -0.05) is 49.4 Å². The topological polar surface area (TPSA) is 74.8 Å². The van der Waals surface area contributed by atoms with Crippen molar-refractivity contribution in [1.29, 1.82) is 0 Å². The maximum Gasteiger partial charge on any atom is 0.251 e. The van der Waals surface area contributed by atoms with Crippen LogP contribution in [-0.2, 0) is 17.8 Å². The Hall–Kier alpha value is -2.86. The summed E-state index contributed by atoms with van der Waals surface area (Å²) in [5.41, 5.74) is 2.97. The molecule has 156 valence electrons. The second-order valence-electron chi connectivity index (χ2n) is 7.02. The summed E-state index contributed by atoms with van der Waals surface area (Å²) in [6.45, 7) is 4.98. The summed E-state index contributed by atoms with van der Waals surface area (Å²) in [5, 5.41) is 9.30. The fraction of sp³-hybridized carbons (Fsp3) is 0.391. The molecule has 6 nitrogen and oxygen atoms in total. The first-order chi connectivity index (χ1) is 14.1. The lowest BCUT2D eigenvalue weighted by Crippen LogP contribution is -2.40. The fourth-order valence-corrected chi connectivity index (χ4v) is 2.84. The molecule has 0 radical (unpaired) electrons. The number of benzene rings is 2. The van der Waals surface area contributed by atoms with E-state index in [1.54, 1.807) is 14.1 Å². The molecule has 0 aliphatic heterocycles. The normalized spacial score (nSPS) is 12.3. The smallest absolute Gasteiger partial charge is 0.251 e. The van der Waals surface area contributed by atoms with Crippen LogP contribution in [0.3, 0.4) is 0 Å². The van der Waals surface area contributed by atoms with Crippen LogP contribution in [0, 0.1) is 5.92 Å². The fourth-order valence-electron chi connectivity index (χ4n) is 2.84. The molecular formula is C23H32N4O2. The van der Waals surface area contributed by atoms with Gasteiger partial charge in [0.2, 0.25) is 0 Å². The van der Waals surface area contributed by atoms with E-state index in [1.165, 1.54) is 5.56 Å². The van der Waals surface area contributed by atoms with Crippen LogP contribution in [0.25, 0.3) is 0 Å². The van der Waals surface area contributed by atoms with Gasteiger partial charge in [-0.25, -0.2) is 0 Å². The number of rotatable bonds is 10. The molecule has 0 bridgehead atoms. The van der Waals surface area contributed by atoms with E-state index in [-0.39, 0.29) is 5.91 Å². The van der Waals surface area contributed by atoms with Crippen LogP contribution >= 0.6 is 0 Å². The van der Waals surface area contributed by atoms with Gasteiger partial charge in [-0.3, -0.25) is 9.79 Å². The predicted octanol–water partition coefficient (Wildman–Crippen LogP) is 2.61. The molecule has 0 fully saturated rings. The molecule has 0 aliphatic rings. The van der Waals surface area contributed by atoms with Crippen LogP contribution in [0.15, 0.2) is 59.6 Å². The SMILES string of the molecule is CN=C(NCCc1cccc(C(=O)NC)c1)NCC(C)COCc1ccccc1. The first-order valence-corrected chi connectivity index (χ1v) is 9.99. The number of amides is 1. The number of carbonyl (C=O) groups excluding carboxylic acids is 1. The molecule has 0 saturated carbocycles. The van der Waals surface area contributed by atoms with Crippen molar-refractivity contribution >= 4 is 11.9 Å². The van der Waals surface area contributed by atoms with Crippen molar-refractivity contribution < 1.29 is 9.53 Å². The average molecular weight is 397 g/mol. The standard InChI is InChI=1S/C23H32N4O2/c1-18(16-29-17-20-8-5-4-6-9-20)15-27-23(25-3)26-13-12-19-10-7-11-21(14-19)22(28)24-2/h4-11,14,18H,12-13,15-17H2,1-3H3,(H,24,28)(H2,25,26,27). The van der Waals surface area contributed by atoms with Crippen molar-refractivity contribution in [3.8, 4) is 0 Å². The Morgan fingerprint density at radius 3 is 2.55 bits per heavy atom. The third-order valence-electron chi connectivity index (χ3n) is 4.48. The van der Waals surface area contributed by atoms with Crippen molar-refractivity contribution in [2.45, 2.75) is 20.0 Å². The minimum absolute atomic E-state index is 0.0687. The summed E-state index contributed by atoms with van der Waals surface area (Å²) in [7, 11) is 3.40. The molecule has 1 amide bonds. The molecule has 1 unspecified atom stereocenters. The van der Waals surface area contributed by atoms with Crippen LogP contribution in [-0.4, -0.2) is 45.7 Å². The number of carbonyl (C=O) groups is 1. The quantitative estimate of drug-likeness (QED) is 0.426. The summed E-state index contributed by atoms with van der Waals surface area (Å²) in [5.74, 6) is 1.06. The van der Waals surface area contributed by atoms with Crippen molar-refractivity contribution in [3.63, 3.8) is 0 Å². The Labute approximate surface area is 173 Å². The maximum atomic E-state index is 11.7. The third kappa shape index (κ3) is 8.35. The third-order valence-corrected chi connectivity index (χ3v) is 4.48. The van der Waals surface area contributed by atoms with Gasteiger partial charge in [-0.2, -0.15) is 0 Å². The molecule has 0 aromatic heterocycles. The molecule has 1 atom stereocenters. The molecule has 0 saturated heterocycles. The van der Waals surface area contributed by atoms with E-state index in [9.17, 15) is 4.79 Å². The van der Waals surface area contributed by atoms with Crippen molar-refractivity contribution in [2.75, 3.05) is 33.8 Å². The molecule has 0 spiro atoms. The van der Waals surface area contributed by atoms with Gasteiger partial charge < -0.3 is 20.7 Å². The average Bonchev–Trinajstić information content (AvgIpc) is 2.76. The van der Waals surface area contributed by atoms with Crippen LogP contribution in [0.2, 0.25) is 0 Å². The molecule has 6 heteroatoms. The zero-order chi connectivity index (χ0) is 20.9.